The summed E-state index contributed by atoms with van der Waals surface area (Å²) in [6, 6.07) is 10.7. The normalized spacial score (nSPS) is 10.3. The van der Waals surface area contributed by atoms with Crippen LogP contribution in [0, 0.1) is 12.3 Å². The van der Waals surface area contributed by atoms with E-state index in [9.17, 15) is 0 Å². The SMILES string of the molecule is Cc1cc(Cl)ccc1Oc1cc(Br)ccc1C(=N)N. The van der Waals surface area contributed by atoms with Crippen LogP contribution in [0.5, 0.6) is 11.5 Å². The molecule has 98 valence electrons. The Labute approximate surface area is 125 Å². The van der Waals surface area contributed by atoms with Crippen LogP contribution in [0.4, 0.5) is 0 Å². The van der Waals surface area contributed by atoms with E-state index in [0.717, 1.165) is 10.0 Å². The number of nitrogen functional groups attached to an aromatic ring is 1. The van der Waals surface area contributed by atoms with E-state index in [1.165, 1.54) is 0 Å². The van der Waals surface area contributed by atoms with Crippen molar-refractivity contribution in [2.45, 2.75) is 6.92 Å². The lowest BCUT2D eigenvalue weighted by molar-refractivity contribution is 0.477. The highest BCUT2D eigenvalue weighted by Gasteiger charge is 2.10. The molecule has 0 bridgehead atoms. The zero-order valence-electron chi connectivity index (χ0n) is 10.2. The Morgan fingerprint density at radius 2 is 1.95 bits per heavy atom. The van der Waals surface area contributed by atoms with Gasteiger partial charge in [-0.2, -0.15) is 0 Å². The van der Waals surface area contributed by atoms with Gasteiger partial charge in [0.15, 0.2) is 0 Å². The zero-order chi connectivity index (χ0) is 14.0. The number of nitrogens with two attached hydrogens (primary N) is 1. The van der Waals surface area contributed by atoms with Crippen LogP contribution in [-0.4, -0.2) is 5.84 Å². The van der Waals surface area contributed by atoms with Crippen molar-refractivity contribution < 1.29 is 4.74 Å². The molecule has 0 aliphatic rings. The van der Waals surface area contributed by atoms with Crippen molar-refractivity contribution in [1.29, 1.82) is 5.41 Å². The topological polar surface area (TPSA) is 59.1 Å². The molecule has 2 rings (SSSR count). The average molecular weight is 340 g/mol. The monoisotopic (exact) mass is 338 g/mol. The Kier molecular flexibility index (Phi) is 4.12. The molecule has 0 heterocycles. The van der Waals surface area contributed by atoms with E-state index in [1.807, 2.05) is 19.1 Å². The molecule has 0 aromatic heterocycles. The Morgan fingerprint density at radius 1 is 1.21 bits per heavy atom. The van der Waals surface area contributed by atoms with Crippen LogP contribution in [0.15, 0.2) is 40.9 Å². The fraction of sp³-hybridized carbons (Fsp3) is 0.0714. The number of rotatable bonds is 3. The van der Waals surface area contributed by atoms with Crippen LogP contribution in [0.25, 0.3) is 0 Å². The van der Waals surface area contributed by atoms with Gasteiger partial charge in [-0.25, -0.2) is 0 Å². The summed E-state index contributed by atoms with van der Waals surface area (Å²) in [4.78, 5) is 0. The molecule has 0 aliphatic carbocycles. The van der Waals surface area contributed by atoms with Gasteiger partial charge in [0.25, 0.3) is 0 Å². The summed E-state index contributed by atoms with van der Waals surface area (Å²) in [6.07, 6.45) is 0. The molecule has 3 nitrogen and oxygen atoms in total. The second-order valence-electron chi connectivity index (χ2n) is 4.07. The van der Waals surface area contributed by atoms with Crippen LogP contribution in [0.3, 0.4) is 0 Å². The number of benzene rings is 2. The van der Waals surface area contributed by atoms with Crippen molar-refractivity contribution in [3.8, 4) is 11.5 Å². The molecule has 2 aromatic carbocycles. The van der Waals surface area contributed by atoms with Crippen molar-refractivity contribution in [3.05, 3.63) is 57.0 Å². The van der Waals surface area contributed by atoms with Crippen molar-refractivity contribution in [1.82, 2.24) is 0 Å². The van der Waals surface area contributed by atoms with Gasteiger partial charge in [-0.15, -0.1) is 0 Å². The van der Waals surface area contributed by atoms with Crippen LogP contribution in [0.1, 0.15) is 11.1 Å². The molecule has 0 unspecified atom stereocenters. The van der Waals surface area contributed by atoms with Gasteiger partial charge < -0.3 is 10.5 Å². The molecular formula is C14H12BrClN2O. The maximum Gasteiger partial charge on any atom is 0.139 e. The van der Waals surface area contributed by atoms with E-state index in [4.69, 9.17) is 27.5 Å². The van der Waals surface area contributed by atoms with E-state index in [-0.39, 0.29) is 5.84 Å². The third-order valence-corrected chi connectivity index (χ3v) is 3.32. The van der Waals surface area contributed by atoms with E-state index >= 15 is 0 Å². The van der Waals surface area contributed by atoms with Crippen LogP contribution >= 0.6 is 27.5 Å². The lowest BCUT2D eigenvalue weighted by Gasteiger charge is -2.12. The van der Waals surface area contributed by atoms with Crippen LogP contribution < -0.4 is 10.5 Å². The molecule has 0 fully saturated rings. The fourth-order valence-corrected chi connectivity index (χ4v) is 2.22. The minimum absolute atomic E-state index is 0.0332. The summed E-state index contributed by atoms with van der Waals surface area (Å²) in [5.74, 6) is 1.19. The summed E-state index contributed by atoms with van der Waals surface area (Å²) in [6.45, 7) is 1.91. The van der Waals surface area contributed by atoms with Gasteiger partial charge in [-0.1, -0.05) is 27.5 Å². The minimum Gasteiger partial charge on any atom is -0.456 e. The van der Waals surface area contributed by atoms with E-state index < -0.39 is 0 Å². The molecular weight excluding hydrogens is 328 g/mol. The van der Waals surface area contributed by atoms with Crippen LogP contribution in [0.2, 0.25) is 5.02 Å². The number of nitrogens with one attached hydrogen (secondary N) is 1. The summed E-state index contributed by atoms with van der Waals surface area (Å²) in [7, 11) is 0. The van der Waals surface area contributed by atoms with Crippen molar-refractivity contribution in [2.75, 3.05) is 0 Å². The number of hydrogen-bond acceptors (Lipinski definition) is 2. The Morgan fingerprint density at radius 3 is 2.58 bits per heavy atom. The van der Waals surface area contributed by atoms with Gasteiger partial charge in [0.2, 0.25) is 0 Å². The summed E-state index contributed by atoms with van der Waals surface area (Å²) in [5.41, 5.74) is 7.02. The Bertz CT molecular complexity index is 643. The van der Waals surface area contributed by atoms with Gasteiger partial charge in [-0.05, 0) is 48.9 Å². The maximum atomic E-state index is 7.56. The highest BCUT2D eigenvalue weighted by molar-refractivity contribution is 9.10. The number of hydrogen-bond donors (Lipinski definition) is 2. The third-order valence-electron chi connectivity index (χ3n) is 2.59. The molecule has 5 heteroatoms. The van der Waals surface area contributed by atoms with Crippen LogP contribution in [-0.2, 0) is 0 Å². The first-order chi connectivity index (χ1) is 8.97. The summed E-state index contributed by atoms with van der Waals surface area (Å²) >= 11 is 9.29. The third kappa shape index (κ3) is 3.28. The second-order valence-corrected chi connectivity index (χ2v) is 5.42. The molecule has 0 saturated heterocycles. The Balaban J connectivity index is 2.42. The first kappa shape index (κ1) is 13.9. The average Bonchev–Trinajstić information content (AvgIpc) is 2.32. The number of amidine groups is 1. The molecule has 0 radical (unpaired) electrons. The second kappa shape index (κ2) is 5.63. The molecule has 0 aliphatic heterocycles. The van der Waals surface area contributed by atoms with Crippen molar-refractivity contribution in [3.63, 3.8) is 0 Å². The van der Waals surface area contributed by atoms with Crippen molar-refractivity contribution in [2.24, 2.45) is 5.73 Å². The predicted octanol–water partition coefficient (Wildman–Crippen LogP) is 4.49. The Hall–Kier alpha value is -1.52. The predicted molar refractivity (Wildman–Crippen MR) is 81.4 cm³/mol. The maximum absolute atomic E-state index is 7.56. The molecule has 0 amide bonds. The molecule has 3 N–H and O–H groups in total. The minimum atomic E-state index is -0.0332. The van der Waals surface area contributed by atoms with Gasteiger partial charge in [-0.3, -0.25) is 5.41 Å². The first-order valence-corrected chi connectivity index (χ1v) is 6.72. The summed E-state index contributed by atoms with van der Waals surface area (Å²) in [5, 5.41) is 8.22. The summed E-state index contributed by atoms with van der Waals surface area (Å²) < 4.78 is 6.69. The zero-order valence-corrected chi connectivity index (χ0v) is 12.5. The van der Waals surface area contributed by atoms with Gasteiger partial charge in [0, 0.05) is 9.50 Å². The molecule has 2 aromatic rings. The molecule has 0 atom stereocenters. The van der Waals surface area contributed by atoms with Crippen molar-refractivity contribution >= 4 is 33.4 Å². The van der Waals surface area contributed by atoms with Gasteiger partial charge in [0.05, 0.1) is 5.56 Å². The largest absolute Gasteiger partial charge is 0.456 e. The van der Waals surface area contributed by atoms with Gasteiger partial charge >= 0.3 is 0 Å². The van der Waals surface area contributed by atoms with E-state index in [1.54, 1.807) is 24.3 Å². The number of ether oxygens (including phenoxy) is 1. The lowest BCUT2D eigenvalue weighted by atomic mass is 10.2. The standard InChI is InChI=1S/C14H12BrClN2O/c1-8-6-10(16)3-5-12(8)19-13-7-9(15)2-4-11(13)14(17)18/h2-7H,1H3,(H3,17,18). The first-order valence-electron chi connectivity index (χ1n) is 5.55. The molecule has 0 spiro atoms. The van der Waals surface area contributed by atoms with E-state index in [0.29, 0.717) is 22.1 Å². The lowest BCUT2D eigenvalue weighted by Crippen LogP contribution is -2.12. The molecule has 0 saturated carbocycles. The number of halogens is 2. The van der Waals surface area contributed by atoms with E-state index in [2.05, 4.69) is 15.9 Å². The fourth-order valence-electron chi connectivity index (χ4n) is 1.65. The van der Waals surface area contributed by atoms with Gasteiger partial charge in [0.1, 0.15) is 17.3 Å². The highest BCUT2D eigenvalue weighted by atomic mass is 79.9. The quantitative estimate of drug-likeness (QED) is 0.639. The molecule has 19 heavy (non-hydrogen) atoms. The smallest absolute Gasteiger partial charge is 0.139 e. The number of aryl methyl sites for hydroxylation is 1. The highest BCUT2D eigenvalue weighted by Crippen LogP contribution is 2.31.